The Bertz CT molecular complexity index is 821. The standard InChI is InChI=1S/C25H33NO4/c1-3-13(2)14-7-9-15(10-8-14)30-19-12-11-17-20-16(19)5-4-6-18(20)23-21(17)22(25(28)29)24(27)26-23/h7-10,13,16-23H,3-6,11-12H2,1-2H3,(H,26,27)(H,28,29). The molecule has 5 heteroatoms. The maximum absolute atomic E-state index is 12.4. The summed E-state index contributed by atoms with van der Waals surface area (Å²) in [5.74, 6) is 1.07. The SMILES string of the molecule is CCC(C)c1ccc(OC2CCC3C4C2CCCC4C2NC(=O)C(C(=O)O)C32)cc1. The summed E-state index contributed by atoms with van der Waals surface area (Å²) in [5, 5.41) is 12.8. The van der Waals surface area contributed by atoms with E-state index in [-0.39, 0.29) is 24.0 Å². The van der Waals surface area contributed by atoms with Crippen LogP contribution in [0, 0.1) is 35.5 Å². The van der Waals surface area contributed by atoms with Gasteiger partial charge in [-0.3, -0.25) is 9.59 Å². The van der Waals surface area contributed by atoms with Crippen LogP contribution in [0.25, 0.3) is 0 Å². The normalized spacial score (nSPS) is 40.3. The number of carboxylic acids is 1. The van der Waals surface area contributed by atoms with Crippen LogP contribution in [-0.4, -0.2) is 29.1 Å². The first kappa shape index (κ1) is 19.9. The summed E-state index contributed by atoms with van der Waals surface area (Å²) in [6.07, 6.45) is 6.64. The van der Waals surface area contributed by atoms with Crippen LogP contribution in [0.5, 0.6) is 5.75 Å². The molecule has 1 amide bonds. The molecule has 0 spiro atoms. The van der Waals surface area contributed by atoms with Crippen LogP contribution in [0.4, 0.5) is 0 Å². The van der Waals surface area contributed by atoms with Gasteiger partial charge in [-0.25, -0.2) is 0 Å². The molecule has 3 saturated carbocycles. The van der Waals surface area contributed by atoms with Crippen LogP contribution in [0.3, 0.4) is 0 Å². The smallest absolute Gasteiger partial charge is 0.316 e. The van der Waals surface area contributed by atoms with E-state index in [2.05, 4.69) is 43.4 Å². The minimum Gasteiger partial charge on any atom is -0.490 e. The van der Waals surface area contributed by atoms with Crippen LogP contribution in [0.1, 0.15) is 63.9 Å². The third kappa shape index (κ3) is 3.04. The van der Waals surface area contributed by atoms with E-state index in [0.29, 0.717) is 29.6 Å². The summed E-state index contributed by atoms with van der Waals surface area (Å²) in [7, 11) is 0. The first-order valence-corrected chi connectivity index (χ1v) is 11.8. The molecule has 5 nitrogen and oxygen atoms in total. The van der Waals surface area contributed by atoms with Gasteiger partial charge in [0.2, 0.25) is 5.91 Å². The van der Waals surface area contributed by atoms with Crippen LogP contribution < -0.4 is 10.1 Å². The molecule has 1 aliphatic heterocycles. The summed E-state index contributed by atoms with van der Waals surface area (Å²) in [6, 6.07) is 8.64. The van der Waals surface area contributed by atoms with Crippen LogP contribution >= 0.6 is 0 Å². The first-order chi connectivity index (χ1) is 14.5. The van der Waals surface area contributed by atoms with E-state index in [4.69, 9.17) is 4.74 Å². The van der Waals surface area contributed by atoms with E-state index in [1.165, 1.54) is 5.56 Å². The summed E-state index contributed by atoms with van der Waals surface area (Å²) in [6.45, 7) is 4.46. The van der Waals surface area contributed by atoms with Crippen molar-refractivity contribution in [2.24, 2.45) is 35.5 Å². The summed E-state index contributed by atoms with van der Waals surface area (Å²) in [4.78, 5) is 24.2. The maximum atomic E-state index is 12.4. The zero-order valence-corrected chi connectivity index (χ0v) is 17.9. The zero-order valence-electron chi connectivity index (χ0n) is 17.9. The number of ether oxygens (including phenoxy) is 1. The Balaban J connectivity index is 1.35. The molecule has 0 bridgehead atoms. The second-order valence-corrected chi connectivity index (χ2v) is 10.0. The van der Waals surface area contributed by atoms with Gasteiger partial charge in [0.05, 0.1) is 0 Å². The maximum Gasteiger partial charge on any atom is 0.316 e. The van der Waals surface area contributed by atoms with E-state index in [0.717, 1.165) is 44.3 Å². The number of rotatable bonds is 5. The zero-order chi connectivity index (χ0) is 21.0. The third-order valence-electron chi connectivity index (χ3n) is 8.78. The molecule has 1 aromatic rings. The highest BCUT2D eigenvalue weighted by Gasteiger charge is 2.64. The van der Waals surface area contributed by atoms with E-state index in [1.807, 2.05) is 0 Å². The molecular formula is C25H33NO4. The first-order valence-electron chi connectivity index (χ1n) is 11.8. The van der Waals surface area contributed by atoms with Crippen molar-refractivity contribution in [3.05, 3.63) is 29.8 Å². The van der Waals surface area contributed by atoms with Gasteiger partial charge in [0.1, 0.15) is 17.8 Å². The molecule has 9 atom stereocenters. The molecule has 9 unspecified atom stereocenters. The van der Waals surface area contributed by atoms with Gasteiger partial charge >= 0.3 is 5.97 Å². The van der Waals surface area contributed by atoms with Gasteiger partial charge in [0, 0.05) is 12.0 Å². The van der Waals surface area contributed by atoms with Crippen LogP contribution in [0.2, 0.25) is 0 Å². The van der Waals surface area contributed by atoms with Gasteiger partial charge in [-0.2, -0.15) is 0 Å². The highest BCUT2D eigenvalue weighted by Crippen LogP contribution is 2.60. The third-order valence-corrected chi connectivity index (χ3v) is 8.78. The van der Waals surface area contributed by atoms with Crippen molar-refractivity contribution >= 4 is 11.9 Å². The Labute approximate surface area is 178 Å². The quantitative estimate of drug-likeness (QED) is 0.712. The minimum absolute atomic E-state index is 0.0404. The fourth-order valence-corrected chi connectivity index (χ4v) is 7.34. The van der Waals surface area contributed by atoms with E-state index in [1.54, 1.807) is 0 Å². The number of fused-ring (bicyclic) bond motifs is 3. The van der Waals surface area contributed by atoms with Gasteiger partial charge in [-0.05, 0) is 79.4 Å². The van der Waals surface area contributed by atoms with Crippen molar-refractivity contribution < 1.29 is 19.4 Å². The highest BCUT2D eigenvalue weighted by molar-refractivity contribution is 5.99. The summed E-state index contributed by atoms with van der Waals surface area (Å²) in [5.41, 5.74) is 1.35. The average Bonchev–Trinajstić information content (AvgIpc) is 3.24. The lowest BCUT2D eigenvalue weighted by molar-refractivity contribution is -0.148. The molecule has 30 heavy (non-hydrogen) atoms. The predicted molar refractivity (Wildman–Crippen MR) is 113 cm³/mol. The lowest BCUT2D eigenvalue weighted by Gasteiger charge is -2.46. The molecule has 2 N–H and O–H groups in total. The topological polar surface area (TPSA) is 75.6 Å². The Morgan fingerprint density at radius 1 is 1.10 bits per heavy atom. The van der Waals surface area contributed by atoms with Gasteiger partial charge in [0.25, 0.3) is 0 Å². The molecule has 0 aromatic heterocycles. The van der Waals surface area contributed by atoms with Crippen molar-refractivity contribution in [1.82, 2.24) is 5.32 Å². The van der Waals surface area contributed by atoms with E-state index in [9.17, 15) is 14.7 Å². The predicted octanol–water partition coefficient (Wildman–Crippen LogP) is 4.22. The Hall–Kier alpha value is -2.04. The van der Waals surface area contributed by atoms with Crippen LogP contribution in [0.15, 0.2) is 24.3 Å². The lowest BCUT2D eigenvalue weighted by Crippen LogP contribution is -2.47. The monoisotopic (exact) mass is 411 g/mol. The van der Waals surface area contributed by atoms with E-state index < -0.39 is 11.9 Å². The highest BCUT2D eigenvalue weighted by atomic mass is 16.5. The van der Waals surface area contributed by atoms with Gasteiger partial charge < -0.3 is 15.2 Å². The number of hydrogen-bond acceptors (Lipinski definition) is 3. The molecular weight excluding hydrogens is 378 g/mol. The van der Waals surface area contributed by atoms with Crippen LogP contribution in [-0.2, 0) is 9.59 Å². The number of carbonyl (C=O) groups excluding carboxylic acids is 1. The fraction of sp³-hybridized carbons (Fsp3) is 0.680. The van der Waals surface area contributed by atoms with E-state index >= 15 is 0 Å². The van der Waals surface area contributed by atoms with Crippen molar-refractivity contribution in [2.75, 3.05) is 0 Å². The number of aliphatic carboxylic acids is 1. The fourth-order valence-electron chi connectivity index (χ4n) is 7.34. The molecule has 4 fully saturated rings. The molecule has 1 saturated heterocycles. The molecule has 1 aromatic carbocycles. The van der Waals surface area contributed by atoms with Crippen molar-refractivity contribution in [1.29, 1.82) is 0 Å². The number of amides is 1. The lowest BCUT2D eigenvalue weighted by atomic mass is 9.62. The Kier molecular flexibility index (Phi) is 5.03. The van der Waals surface area contributed by atoms with Crippen molar-refractivity contribution in [3.8, 4) is 5.75 Å². The molecule has 162 valence electrons. The Morgan fingerprint density at radius 3 is 2.53 bits per heavy atom. The number of benzene rings is 1. The largest absolute Gasteiger partial charge is 0.490 e. The number of nitrogens with one attached hydrogen (secondary N) is 1. The second-order valence-electron chi connectivity index (χ2n) is 10.0. The van der Waals surface area contributed by atoms with Gasteiger partial charge in [0.15, 0.2) is 0 Å². The van der Waals surface area contributed by atoms with Gasteiger partial charge in [-0.1, -0.05) is 32.4 Å². The number of hydrogen-bond donors (Lipinski definition) is 2. The van der Waals surface area contributed by atoms with Crippen molar-refractivity contribution in [2.45, 2.75) is 70.4 Å². The molecule has 1 heterocycles. The summed E-state index contributed by atoms with van der Waals surface area (Å²) < 4.78 is 6.53. The molecule has 4 aliphatic rings. The minimum atomic E-state index is -0.949. The number of carbonyl (C=O) groups is 2. The average molecular weight is 412 g/mol. The van der Waals surface area contributed by atoms with Gasteiger partial charge in [-0.15, -0.1) is 0 Å². The number of carboxylic acid groups (broad SMARTS) is 1. The molecule has 0 radical (unpaired) electrons. The summed E-state index contributed by atoms with van der Waals surface area (Å²) >= 11 is 0. The second kappa shape index (κ2) is 7.58. The van der Waals surface area contributed by atoms with Crippen molar-refractivity contribution in [3.63, 3.8) is 0 Å². The molecule has 5 rings (SSSR count). The molecule has 3 aliphatic carbocycles. The Morgan fingerprint density at radius 2 is 1.83 bits per heavy atom.